The van der Waals surface area contributed by atoms with Gasteiger partial charge in [-0.1, -0.05) is 0 Å². The highest BCUT2D eigenvalue weighted by Crippen LogP contribution is 2.37. The second-order valence-electron chi connectivity index (χ2n) is 5.59. The van der Waals surface area contributed by atoms with Crippen LogP contribution in [0.25, 0.3) is 0 Å². The molecule has 22 heavy (non-hydrogen) atoms. The summed E-state index contributed by atoms with van der Waals surface area (Å²) in [6, 6.07) is 2.39. The first kappa shape index (κ1) is 17.0. The van der Waals surface area contributed by atoms with Crippen LogP contribution in [0.15, 0.2) is 23.1 Å². The zero-order valence-corrected chi connectivity index (χ0v) is 12.8. The van der Waals surface area contributed by atoms with Gasteiger partial charge >= 0.3 is 5.51 Å². The van der Waals surface area contributed by atoms with Gasteiger partial charge in [0.2, 0.25) is 0 Å². The number of alkyl halides is 3. The van der Waals surface area contributed by atoms with Crippen LogP contribution in [-0.4, -0.2) is 39.2 Å². The molecule has 0 bridgehead atoms. The van der Waals surface area contributed by atoms with Crippen molar-refractivity contribution in [2.45, 2.75) is 29.9 Å². The standard InChI is InChI=1S/C13H15F4NO3S/c1-12(2)8-18(5-6-21-12)10-4-3-9(14)7-11(10)22(19,20)13(15,16)17/h3-4,7H,5-6,8H2,1-2H3. The van der Waals surface area contributed by atoms with Gasteiger partial charge in [-0.2, -0.15) is 13.2 Å². The van der Waals surface area contributed by atoms with E-state index in [1.165, 1.54) is 4.90 Å². The third-order valence-corrected chi connectivity index (χ3v) is 4.80. The Labute approximate surface area is 125 Å². The molecular formula is C13H15F4NO3S. The Balaban J connectivity index is 2.54. The number of anilines is 1. The van der Waals surface area contributed by atoms with Crippen LogP contribution in [0.3, 0.4) is 0 Å². The van der Waals surface area contributed by atoms with Gasteiger partial charge in [0.05, 0.1) is 17.9 Å². The summed E-state index contributed by atoms with van der Waals surface area (Å²) in [4.78, 5) is 0.388. The molecule has 1 fully saturated rings. The van der Waals surface area contributed by atoms with Crippen molar-refractivity contribution in [1.82, 2.24) is 0 Å². The highest BCUT2D eigenvalue weighted by atomic mass is 32.2. The van der Waals surface area contributed by atoms with Gasteiger partial charge in [-0.05, 0) is 32.0 Å². The van der Waals surface area contributed by atoms with Crippen LogP contribution in [0, 0.1) is 5.82 Å². The van der Waals surface area contributed by atoms with Crippen molar-refractivity contribution < 1.29 is 30.7 Å². The summed E-state index contributed by atoms with van der Waals surface area (Å²) in [7, 11) is -5.64. The summed E-state index contributed by atoms with van der Waals surface area (Å²) in [5, 5.41) is 0. The van der Waals surface area contributed by atoms with Crippen LogP contribution >= 0.6 is 0 Å². The average Bonchev–Trinajstić information content (AvgIpc) is 2.36. The molecule has 1 saturated heterocycles. The number of rotatable bonds is 2. The average molecular weight is 341 g/mol. The van der Waals surface area contributed by atoms with Gasteiger partial charge in [0.25, 0.3) is 9.84 Å². The van der Waals surface area contributed by atoms with E-state index in [0.717, 1.165) is 12.1 Å². The van der Waals surface area contributed by atoms with Crippen LogP contribution in [-0.2, 0) is 14.6 Å². The Hall–Kier alpha value is -1.35. The Bertz CT molecular complexity index is 670. The lowest BCUT2D eigenvalue weighted by Crippen LogP contribution is -2.48. The van der Waals surface area contributed by atoms with Gasteiger partial charge in [-0.15, -0.1) is 0 Å². The Morgan fingerprint density at radius 3 is 2.45 bits per heavy atom. The van der Waals surface area contributed by atoms with Gasteiger partial charge < -0.3 is 9.64 Å². The molecule has 0 aromatic heterocycles. The van der Waals surface area contributed by atoms with Crippen LogP contribution < -0.4 is 4.90 Å². The molecule has 0 aliphatic carbocycles. The highest BCUT2D eigenvalue weighted by molar-refractivity contribution is 7.92. The maximum Gasteiger partial charge on any atom is 0.501 e. The first-order valence-corrected chi connectivity index (χ1v) is 7.92. The van der Waals surface area contributed by atoms with E-state index >= 15 is 0 Å². The minimum Gasteiger partial charge on any atom is -0.372 e. The van der Waals surface area contributed by atoms with Crippen molar-refractivity contribution in [1.29, 1.82) is 0 Å². The first-order valence-electron chi connectivity index (χ1n) is 6.44. The van der Waals surface area contributed by atoms with Crippen LogP contribution in [0.4, 0.5) is 23.2 Å². The predicted octanol–water partition coefficient (Wildman–Crippen LogP) is 2.73. The van der Waals surface area contributed by atoms with Crippen LogP contribution in [0.2, 0.25) is 0 Å². The number of hydrogen-bond acceptors (Lipinski definition) is 4. The summed E-state index contributed by atoms with van der Waals surface area (Å²) in [5.74, 6) is -1.04. The fourth-order valence-corrected chi connectivity index (χ4v) is 3.30. The molecule has 1 aliphatic heterocycles. The topological polar surface area (TPSA) is 46.6 Å². The lowest BCUT2D eigenvalue weighted by molar-refractivity contribution is -0.0436. The summed E-state index contributed by atoms with van der Waals surface area (Å²) in [5.41, 5.74) is -6.31. The van der Waals surface area contributed by atoms with E-state index in [1.54, 1.807) is 13.8 Å². The van der Waals surface area contributed by atoms with Crippen molar-refractivity contribution in [2.24, 2.45) is 0 Å². The van der Waals surface area contributed by atoms with E-state index in [0.29, 0.717) is 6.07 Å². The van der Waals surface area contributed by atoms with Crippen molar-refractivity contribution in [2.75, 3.05) is 24.6 Å². The fraction of sp³-hybridized carbons (Fsp3) is 0.538. The molecule has 0 unspecified atom stereocenters. The minimum absolute atomic E-state index is 0.171. The molecule has 2 rings (SSSR count). The third-order valence-electron chi connectivity index (χ3n) is 3.28. The second-order valence-corrected chi connectivity index (χ2v) is 7.50. The number of nitrogens with zero attached hydrogens (tertiary/aromatic N) is 1. The lowest BCUT2D eigenvalue weighted by atomic mass is 10.1. The van der Waals surface area contributed by atoms with Gasteiger partial charge in [0.15, 0.2) is 0 Å². The molecule has 1 aliphatic rings. The van der Waals surface area contributed by atoms with Crippen molar-refractivity contribution in [3.8, 4) is 0 Å². The van der Waals surface area contributed by atoms with E-state index in [9.17, 15) is 26.0 Å². The maximum absolute atomic E-state index is 13.3. The van der Waals surface area contributed by atoms with Gasteiger partial charge in [0, 0.05) is 13.1 Å². The molecule has 1 heterocycles. The summed E-state index contributed by atoms with van der Waals surface area (Å²) in [6.45, 7) is 4.12. The van der Waals surface area contributed by atoms with Crippen LogP contribution in [0.5, 0.6) is 0 Å². The number of sulfone groups is 1. The van der Waals surface area contributed by atoms with E-state index in [4.69, 9.17) is 4.74 Å². The van der Waals surface area contributed by atoms with Crippen molar-refractivity contribution >= 4 is 15.5 Å². The minimum atomic E-state index is -5.64. The highest BCUT2D eigenvalue weighted by Gasteiger charge is 2.48. The summed E-state index contributed by atoms with van der Waals surface area (Å²) < 4.78 is 80.5. The SMILES string of the molecule is CC1(C)CN(c2ccc(F)cc2S(=O)(=O)C(F)(F)F)CCO1. The number of halogens is 4. The number of ether oxygens (including phenoxy) is 1. The maximum atomic E-state index is 13.3. The monoisotopic (exact) mass is 341 g/mol. The fourth-order valence-electron chi connectivity index (χ4n) is 2.31. The predicted molar refractivity (Wildman–Crippen MR) is 71.9 cm³/mol. The summed E-state index contributed by atoms with van der Waals surface area (Å²) in [6.07, 6.45) is 0. The lowest BCUT2D eigenvalue weighted by Gasteiger charge is -2.40. The number of morpholine rings is 1. The number of benzene rings is 1. The Morgan fingerprint density at radius 2 is 1.91 bits per heavy atom. The smallest absolute Gasteiger partial charge is 0.372 e. The molecule has 0 spiro atoms. The van der Waals surface area contributed by atoms with E-state index in [2.05, 4.69) is 0 Å². The van der Waals surface area contributed by atoms with E-state index in [-0.39, 0.29) is 25.4 Å². The molecule has 124 valence electrons. The van der Waals surface area contributed by atoms with E-state index in [1.807, 2.05) is 0 Å². The largest absolute Gasteiger partial charge is 0.501 e. The first-order chi connectivity index (χ1) is 9.94. The normalized spacial score (nSPS) is 19.3. The van der Waals surface area contributed by atoms with Gasteiger partial charge in [-0.25, -0.2) is 12.8 Å². The molecule has 0 atom stereocenters. The Morgan fingerprint density at radius 1 is 1.27 bits per heavy atom. The Kier molecular flexibility index (Phi) is 4.16. The molecule has 0 radical (unpaired) electrons. The van der Waals surface area contributed by atoms with Crippen molar-refractivity contribution in [3.63, 3.8) is 0 Å². The van der Waals surface area contributed by atoms with Crippen LogP contribution in [0.1, 0.15) is 13.8 Å². The summed E-state index contributed by atoms with van der Waals surface area (Å²) >= 11 is 0. The zero-order valence-electron chi connectivity index (χ0n) is 11.9. The zero-order chi connectivity index (χ0) is 16.8. The van der Waals surface area contributed by atoms with Gasteiger partial charge in [0.1, 0.15) is 10.7 Å². The quantitative estimate of drug-likeness (QED) is 0.776. The molecule has 1 aromatic carbocycles. The second kappa shape index (κ2) is 5.38. The molecular weight excluding hydrogens is 326 g/mol. The molecule has 0 amide bonds. The molecule has 1 aromatic rings. The molecule has 0 N–H and O–H groups in total. The number of hydrogen-bond donors (Lipinski definition) is 0. The van der Waals surface area contributed by atoms with Gasteiger partial charge in [-0.3, -0.25) is 0 Å². The molecule has 9 heteroatoms. The van der Waals surface area contributed by atoms with Crippen molar-refractivity contribution in [3.05, 3.63) is 24.0 Å². The molecule has 0 saturated carbocycles. The van der Waals surface area contributed by atoms with E-state index < -0.39 is 31.7 Å². The molecule has 4 nitrogen and oxygen atoms in total. The third kappa shape index (κ3) is 3.19.